The van der Waals surface area contributed by atoms with Gasteiger partial charge in [-0.3, -0.25) is 0 Å². The summed E-state index contributed by atoms with van der Waals surface area (Å²) >= 11 is 0. The molecule has 1 nitrogen and oxygen atoms in total. The Labute approximate surface area is 85.5 Å². The molecule has 1 N–H and O–H groups in total. The normalized spacial score (nSPS) is 18.9. The standard InChI is InChI=1S/C11H11F3O/c12-11(13,14)10(15)9-3-1-2-8(6-9)7-4-5-7/h1-3,6-7,10,15H,4-5H2. The van der Waals surface area contributed by atoms with Gasteiger partial charge in [0.05, 0.1) is 0 Å². The van der Waals surface area contributed by atoms with Crippen molar-refractivity contribution in [1.82, 2.24) is 0 Å². The summed E-state index contributed by atoms with van der Waals surface area (Å²) in [6, 6.07) is 6.14. The molecule has 0 radical (unpaired) electrons. The number of aliphatic hydroxyl groups is 1. The topological polar surface area (TPSA) is 20.2 Å². The van der Waals surface area contributed by atoms with E-state index in [1.54, 1.807) is 6.07 Å². The molecule has 1 saturated carbocycles. The second kappa shape index (κ2) is 3.52. The SMILES string of the molecule is OC(c1cccc(C2CC2)c1)C(F)(F)F. The predicted molar refractivity (Wildman–Crippen MR) is 49.4 cm³/mol. The summed E-state index contributed by atoms with van der Waals surface area (Å²) in [5.41, 5.74) is 0.836. The van der Waals surface area contributed by atoms with E-state index in [0.717, 1.165) is 18.4 Å². The maximum Gasteiger partial charge on any atom is 0.418 e. The highest BCUT2D eigenvalue weighted by molar-refractivity contribution is 5.30. The first-order valence-corrected chi connectivity index (χ1v) is 4.83. The van der Waals surface area contributed by atoms with Crippen molar-refractivity contribution in [1.29, 1.82) is 0 Å². The van der Waals surface area contributed by atoms with E-state index in [-0.39, 0.29) is 5.56 Å². The van der Waals surface area contributed by atoms with Gasteiger partial charge in [0.25, 0.3) is 0 Å². The van der Waals surface area contributed by atoms with Gasteiger partial charge in [-0.15, -0.1) is 0 Å². The van der Waals surface area contributed by atoms with E-state index in [0.29, 0.717) is 5.92 Å². The van der Waals surface area contributed by atoms with Crippen molar-refractivity contribution >= 4 is 0 Å². The van der Waals surface area contributed by atoms with Gasteiger partial charge in [-0.2, -0.15) is 13.2 Å². The molecule has 0 aliphatic heterocycles. The fraction of sp³-hybridized carbons (Fsp3) is 0.455. The van der Waals surface area contributed by atoms with Crippen molar-refractivity contribution in [3.8, 4) is 0 Å². The van der Waals surface area contributed by atoms with Gasteiger partial charge < -0.3 is 5.11 Å². The van der Waals surface area contributed by atoms with E-state index in [2.05, 4.69) is 0 Å². The highest BCUT2D eigenvalue weighted by Crippen LogP contribution is 2.41. The maximum absolute atomic E-state index is 12.2. The Balaban J connectivity index is 2.24. The van der Waals surface area contributed by atoms with Gasteiger partial charge in [-0.05, 0) is 29.9 Å². The molecule has 0 saturated heterocycles. The monoisotopic (exact) mass is 216 g/mol. The van der Waals surface area contributed by atoms with Gasteiger partial charge in [0.2, 0.25) is 0 Å². The van der Waals surface area contributed by atoms with Gasteiger partial charge in [0.1, 0.15) is 0 Å². The molecule has 0 spiro atoms. The molecule has 0 amide bonds. The maximum atomic E-state index is 12.2. The molecule has 1 aliphatic rings. The summed E-state index contributed by atoms with van der Waals surface area (Å²) in [6.07, 6.45) is -4.88. The zero-order valence-corrected chi connectivity index (χ0v) is 7.96. The van der Waals surface area contributed by atoms with Crippen LogP contribution < -0.4 is 0 Å². The van der Waals surface area contributed by atoms with Crippen LogP contribution in [0.3, 0.4) is 0 Å². The lowest BCUT2D eigenvalue weighted by Gasteiger charge is -2.15. The minimum absolute atomic E-state index is 0.0631. The van der Waals surface area contributed by atoms with Crippen LogP contribution in [0, 0.1) is 0 Å². The lowest BCUT2D eigenvalue weighted by molar-refractivity contribution is -0.206. The number of benzene rings is 1. The average Bonchev–Trinajstić information content (AvgIpc) is 2.98. The lowest BCUT2D eigenvalue weighted by atomic mass is 10.0. The highest BCUT2D eigenvalue weighted by atomic mass is 19.4. The molecule has 1 aliphatic carbocycles. The van der Waals surface area contributed by atoms with Crippen LogP contribution in [-0.4, -0.2) is 11.3 Å². The molecule has 1 fully saturated rings. The molecule has 1 atom stereocenters. The molecule has 1 unspecified atom stereocenters. The van der Waals surface area contributed by atoms with E-state index in [4.69, 9.17) is 5.11 Å². The van der Waals surface area contributed by atoms with Crippen molar-refractivity contribution in [2.24, 2.45) is 0 Å². The molecular weight excluding hydrogens is 205 g/mol. The van der Waals surface area contributed by atoms with Gasteiger partial charge in [0, 0.05) is 0 Å². The Bertz CT molecular complexity index is 355. The van der Waals surface area contributed by atoms with Crippen LogP contribution in [0.15, 0.2) is 24.3 Å². The molecular formula is C11H11F3O. The zero-order valence-electron chi connectivity index (χ0n) is 7.96. The van der Waals surface area contributed by atoms with Crippen molar-refractivity contribution in [2.45, 2.75) is 31.0 Å². The fourth-order valence-corrected chi connectivity index (χ4v) is 1.59. The Morgan fingerprint density at radius 2 is 1.93 bits per heavy atom. The molecule has 2 rings (SSSR count). The first kappa shape index (κ1) is 10.5. The molecule has 15 heavy (non-hydrogen) atoms. The van der Waals surface area contributed by atoms with E-state index in [1.165, 1.54) is 12.1 Å². The third kappa shape index (κ3) is 2.31. The third-order valence-corrected chi connectivity index (χ3v) is 2.59. The van der Waals surface area contributed by atoms with E-state index >= 15 is 0 Å². The minimum atomic E-state index is -4.58. The minimum Gasteiger partial charge on any atom is -0.379 e. The number of halogens is 3. The van der Waals surface area contributed by atoms with Crippen LogP contribution in [0.1, 0.15) is 36.0 Å². The Morgan fingerprint density at radius 1 is 1.27 bits per heavy atom. The first-order valence-electron chi connectivity index (χ1n) is 4.83. The number of alkyl halides is 3. The molecule has 4 heteroatoms. The highest BCUT2D eigenvalue weighted by Gasteiger charge is 2.39. The van der Waals surface area contributed by atoms with E-state index in [1.807, 2.05) is 6.07 Å². The molecule has 0 bridgehead atoms. The summed E-state index contributed by atoms with van der Waals surface area (Å²) in [7, 11) is 0. The van der Waals surface area contributed by atoms with Gasteiger partial charge in [-0.25, -0.2) is 0 Å². The molecule has 1 aromatic carbocycles. The Morgan fingerprint density at radius 3 is 2.47 bits per heavy atom. The lowest BCUT2D eigenvalue weighted by Crippen LogP contribution is -2.20. The van der Waals surface area contributed by atoms with Crippen molar-refractivity contribution in [2.75, 3.05) is 0 Å². The van der Waals surface area contributed by atoms with Crippen LogP contribution in [-0.2, 0) is 0 Å². The van der Waals surface area contributed by atoms with Crippen LogP contribution >= 0.6 is 0 Å². The summed E-state index contributed by atoms with van der Waals surface area (Å²) in [5.74, 6) is 0.394. The predicted octanol–water partition coefficient (Wildman–Crippen LogP) is 3.16. The molecule has 0 aromatic heterocycles. The summed E-state index contributed by atoms with van der Waals surface area (Å²) < 4.78 is 36.7. The molecule has 0 heterocycles. The smallest absolute Gasteiger partial charge is 0.379 e. The number of hydrogen-bond acceptors (Lipinski definition) is 1. The van der Waals surface area contributed by atoms with Crippen molar-refractivity contribution < 1.29 is 18.3 Å². The van der Waals surface area contributed by atoms with E-state index < -0.39 is 12.3 Å². The van der Waals surface area contributed by atoms with Crippen molar-refractivity contribution in [3.05, 3.63) is 35.4 Å². The Hall–Kier alpha value is -1.03. The van der Waals surface area contributed by atoms with Crippen LogP contribution in [0.2, 0.25) is 0 Å². The summed E-state index contributed by atoms with van der Waals surface area (Å²) in [5, 5.41) is 9.06. The first-order chi connectivity index (χ1) is 6.98. The second-order valence-corrected chi connectivity index (χ2v) is 3.89. The Kier molecular flexibility index (Phi) is 2.46. The number of hydrogen-bond donors (Lipinski definition) is 1. The second-order valence-electron chi connectivity index (χ2n) is 3.89. The number of rotatable bonds is 2. The molecule has 1 aromatic rings. The van der Waals surface area contributed by atoms with Gasteiger partial charge in [-0.1, -0.05) is 24.3 Å². The van der Waals surface area contributed by atoms with Gasteiger partial charge in [0.15, 0.2) is 6.10 Å². The van der Waals surface area contributed by atoms with Crippen LogP contribution in [0.4, 0.5) is 13.2 Å². The third-order valence-electron chi connectivity index (χ3n) is 2.59. The summed E-state index contributed by atoms with van der Waals surface area (Å²) in [4.78, 5) is 0. The van der Waals surface area contributed by atoms with Crippen LogP contribution in [0.5, 0.6) is 0 Å². The van der Waals surface area contributed by atoms with E-state index in [9.17, 15) is 13.2 Å². The van der Waals surface area contributed by atoms with Crippen molar-refractivity contribution in [3.63, 3.8) is 0 Å². The van der Waals surface area contributed by atoms with Gasteiger partial charge >= 0.3 is 6.18 Å². The zero-order chi connectivity index (χ0) is 11.1. The summed E-state index contributed by atoms with van der Waals surface area (Å²) in [6.45, 7) is 0. The largest absolute Gasteiger partial charge is 0.418 e. The molecule has 82 valence electrons. The average molecular weight is 216 g/mol. The fourth-order valence-electron chi connectivity index (χ4n) is 1.59. The number of aliphatic hydroxyl groups excluding tert-OH is 1. The van der Waals surface area contributed by atoms with Crippen LogP contribution in [0.25, 0.3) is 0 Å². The quantitative estimate of drug-likeness (QED) is 0.805.